The maximum Gasteiger partial charge on any atom is 0.256 e. The number of likely N-dealkylation sites (N-methyl/N-ethyl adjacent to an activating group) is 1. The Morgan fingerprint density at radius 1 is 1.67 bits per heavy atom. The molecule has 0 radical (unpaired) electrons. The lowest BCUT2D eigenvalue weighted by molar-refractivity contribution is 0.0811. The number of anilines is 1. The second-order valence-corrected chi connectivity index (χ2v) is 3.64. The van der Waals surface area contributed by atoms with E-state index in [2.05, 4.69) is 6.58 Å². The molecule has 1 amide bonds. The highest BCUT2D eigenvalue weighted by molar-refractivity contribution is 6.31. The third kappa shape index (κ3) is 2.73. The molecule has 0 saturated carbocycles. The molecule has 1 rings (SSSR count). The zero-order chi connectivity index (χ0) is 11.4. The van der Waals surface area contributed by atoms with Crippen LogP contribution in [0.2, 0.25) is 5.02 Å². The molecule has 0 aliphatic carbocycles. The molecule has 80 valence electrons. The Morgan fingerprint density at radius 2 is 2.33 bits per heavy atom. The van der Waals surface area contributed by atoms with Crippen molar-refractivity contribution in [1.29, 1.82) is 0 Å². The van der Waals surface area contributed by atoms with E-state index in [9.17, 15) is 4.79 Å². The number of nitrogens with two attached hydrogens (primary N) is 1. The van der Waals surface area contributed by atoms with Gasteiger partial charge in [0.1, 0.15) is 0 Å². The van der Waals surface area contributed by atoms with Gasteiger partial charge in [-0.1, -0.05) is 17.7 Å². The van der Waals surface area contributed by atoms with E-state index in [0.717, 1.165) is 0 Å². The summed E-state index contributed by atoms with van der Waals surface area (Å²) in [5.41, 5.74) is 6.55. The zero-order valence-electron chi connectivity index (χ0n) is 8.53. The molecule has 0 fully saturated rings. The molecule has 0 unspecified atom stereocenters. The Hall–Kier alpha value is -1.48. The molecule has 2 N–H and O–H groups in total. The van der Waals surface area contributed by atoms with Gasteiger partial charge in [0.05, 0.1) is 5.56 Å². The van der Waals surface area contributed by atoms with Crippen molar-refractivity contribution in [2.24, 2.45) is 0 Å². The standard InChI is InChI=1S/C11H13ClN2O/c1-3-6-14(2)11(15)9-7-8(12)4-5-10(9)13/h3-5,7H,1,6,13H2,2H3. The minimum Gasteiger partial charge on any atom is -0.398 e. The van der Waals surface area contributed by atoms with E-state index in [1.807, 2.05) is 0 Å². The number of benzene rings is 1. The Kier molecular flexibility index (Phi) is 3.74. The van der Waals surface area contributed by atoms with Gasteiger partial charge in [0.15, 0.2) is 0 Å². The predicted molar refractivity (Wildman–Crippen MR) is 63.0 cm³/mol. The summed E-state index contributed by atoms with van der Waals surface area (Å²) in [6, 6.07) is 4.84. The van der Waals surface area contributed by atoms with Crippen LogP contribution in [0.4, 0.5) is 5.69 Å². The van der Waals surface area contributed by atoms with Crippen LogP contribution >= 0.6 is 11.6 Å². The minimum atomic E-state index is -0.157. The van der Waals surface area contributed by atoms with Crippen molar-refractivity contribution in [1.82, 2.24) is 4.90 Å². The van der Waals surface area contributed by atoms with E-state index in [1.165, 1.54) is 4.90 Å². The zero-order valence-corrected chi connectivity index (χ0v) is 9.29. The van der Waals surface area contributed by atoms with Crippen LogP contribution in [-0.2, 0) is 0 Å². The molecule has 0 saturated heterocycles. The molecule has 1 aromatic carbocycles. The number of carbonyl (C=O) groups is 1. The van der Waals surface area contributed by atoms with Crippen molar-refractivity contribution in [3.8, 4) is 0 Å². The summed E-state index contributed by atoms with van der Waals surface area (Å²) in [5, 5.41) is 0.500. The lowest BCUT2D eigenvalue weighted by atomic mass is 10.1. The molecule has 0 heterocycles. The second-order valence-electron chi connectivity index (χ2n) is 3.21. The third-order valence-electron chi connectivity index (χ3n) is 2.00. The van der Waals surface area contributed by atoms with Gasteiger partial charge in [-0.15, -0.1) is 6.58 Å². The van der Waals surface area contributed by atoms with E-state index in [-0.39, 0.29) is 5.91 Å². The van der Waals surface area contributed by atoms with Gasteiger partial charge in [-0.3, -0.25) is 4.79 Å². The molecule has 3 nitrogen and oxygen atoms in total. The molecule has 0 aromatic heterocycles. The summed E-state index contributed by atoms with van der Waals surface area (Å²) in [6.07, 6.45) is 1.65. The Bertz CT molecular complexity index is 390. The van der Waals surface area contributed by atoms with Crippen molar-refractivity contribution in [3.63, 3.8) is 0 Å². The lowest BCUT2D eigenvalue weighted by Gasteiger charge is -2.16. The summed E-state index contributed by atoms with van der Waals surface area (Å²) in [4.78, 5) is 13.4. The predicted octanol–water partition coefficient (Wildman–Crippen LogP) is 2.18. The summed E-state index contributed by atoms with van der Waals surface area (Å²) in [6.45, 7) is 4.04. The van der Waals surface area contributed by atoms with Crippen LogP contribution in [0.15, 0.2) is 30.9 Å². The molecule has 1 aromatic rings. The van der Waals surface area contributed by atoms with E-state index in [0.29, 0.717) is 22.8 Å². The second kappa shape index (κ2) is 4.84. The van der Waals surface area contributed by atoms with Crippen LogP contribution in [0, 0.1) is 0 Å². The van der Waals surface area contributed by atoms with Crippen LogP contribution in [0.1, 0.15) is 10.4 Å². The molecule has 0 bridgehead atoms. The van der Waals surface area contributed by atoms with Gasteiger partial charge in [0.25, 0.3) is 5.91 Å². The van der Waals surface area contributed by atoms with Crippen molar-refractivity contribution < 1.29 is 4.79 Å². The first-order valence-corrected chi connectivity index (χ1v) is 4.85. The first-order valence-electron chi connectivity index (χ1n) is 4.47. The smallest absolute Gasteiger partial charge is 0.256 e. The van der Waals surface area contributed by atoms with Crippen LogP contribution in [0.3, 0.4) is 0 Å². The van der Waals surface area contributed by atoms with Gasteiger partial charge in [0.2, 0.25) is 0 Å². The Balaban J connectivity index is 2.99. The molecule has 0 aliphatic heterocycles. The number of hydrogen-bond donors (Lipinski definition) is 1. The van der Waals surface area contributed by atoms with Gasteiger partial charge in [-0.2, -0.15) is 0 Å². The molecule has 0 spiro atoms. The summed E-state index contributed by atoms with van der Waals surface area (Å²) in [7, 11) is 1.68. The maximum atomic E-state index is 11.8. The quantitative estimate of drug-likeness (QED) is 0.632. The first-order chi connectivity index (χ1) is 7.06. The number of hydrogen-bond acceptors (Lipinski definition) is 2. The van der Waals surface area contributed by atoms with E-state index < -0.39 is 0 Å². The molecule has 15 heavy (non-hydrogen) atoms. The maximum absolute atomic E-state index is 11.8. The number of carbonyl (C=O) groups excluding carboxylic acids is 1. The highest BCUT2D eigenvalue weighted by Gasteiger charge is 2.13. The number of nitrogens with zero attached hydrogens (tertiary/aromatic N) is 1. The van der Waals surface area contributed by atoms with Crippen molar-refractivity contribution in [2.75, 3.05) is 19.3 Å². The normalized spacial score (nSPS) is 9.73. The van der Waals surface area contributed by atoms with E-state index in [1.54, 1.807) is 31.3 Å². The molecular formula is C11H13ClN2O. The molecule has 0 atom stereocenters. The largest absolute Gasteiger partial charge is 0.398 e. The van der Waals surface area contributed by atoms with Crippen LogP contribution < -0.4 is 5.73 Å². The number of halogens is 1. The third-order valence-corrected chi connectivity index (χ3v) is 2.23. The van der Waals surface area contributed by atoms with Crippen molar-refractivity contribution >= 4 is 23.2 Å². The van der Waals surface area contributed by atoms with Crippen LogP contribution in [-0.4, -0.2) is 24.4 Å². The van der Waals surface area contributed by atoms with Gasteiger partial charge in [0, 0.05) is 24.3 Å². The van der Waals surface area contributed by atoms with Crippen molar-refractivity contribution in [3.05, 3.63) is 41.4 Å². The SMILES string of the molecule is C=CCN(C)C(=O)c1cc(Cl)ccc1N. The van der Waals surface area contributed by atoms with Crippen LogP contribution in [0.5, 0.6) is 0 Å². The average molecular weight is 225 g/mol. The number of rotatable bonds is 3. The van der Waals surface area contributed by atoms with Crippen molar-refractivity contribution in [2.45, 2.75) is 0 Å². The molecule has 4 heteroatoms. The summed E-state index contributed by atoms with van der Waals surface area (Å²) >= 11 is 5.80. The number of amides is 1. The average Bonchev–Trinajstić information content (AvgIpc) is 2.21. The first kappa shape index (κ1) is 11.6. The van der Waals surface area contributed by atoms with Gasteiger partial charge in [-0.05, 0) is 18.2 Å². The van der Waals surface area contributed by atoms with Gasteiger partial charge < -0.3 is 10.6 Å². The van der Waals surface area contributed by atoms with Crippen LogP contribution in [0.25, 0.3) is 0 Å². The molecule has 0 aliphatic rings. The van der Waals surface area contributed by atoms with Gasteiger partial charge >= 0.3 is 0 Å². The summed E-state index contributed by atoms with van der Waals surface area (Å²) in [5.74, 6) is -0.157. The van der Waals surface area contributed by atoms with Gasteiger partial charge in [-0.25, -0.2) is 0 Å². The molecular weight excluding hydrogens is 212 g/mol. The fourth-order valence-electron chi connectivity index (χ4n) is 1.20. The Labute approximate surface area is 94.1 Å². The topological polar surface area (TPSA) is 46.3 Å². The highest BCUT2D eigenvalue weighted by atomic mass is 35.5. The fraction of sp³-hybridized carbons (Fsp3) is 0.182. The van der Waals surface area contributed by atoms with E-state index >= 15 is 0 Å². The monoisotopic (exact) mass is 224 g/mol. The fourth-order valence-corrected chi connectivity index (χ4v) is 1.37. The number of nitrogen functional groups attached to an aromatic ring is 1. The lowest BCUT2D eigenvalue weighted by Crippen LogP contribution is -2.27. The Morgan fingerprint density at radius 3 is 2.93 bits per heavy atom. The summed E-state index contributed by atoms with van der Waals surface area (Å²) < 4.78 is 0. The minimum absolute atomic E-state index is 0.157. The highest BCUT2D eigenvalue weighted by Crippen LogP contribution is 2.19. The van der Waals surface area contributed by atoms with E-state index in [4.69, 9.17) is 17.3 Å².